The fraction of sp³-hybridized carbons (Fsp3) is 0.650. The number of hydrogen-bond acceptors (Lipinski definition) is 3. The number of hydrogen-bond donors (Lipinski definition) is 0. The van der Waals surface area contributed by atoms with Gasteiger partial charge in [-0.1, -0.05) is 12.1 Å². The number of rotatable bonds is 6. The number of likely N-dealkylation sites (tertiary alicyclic amines) is 2. The minimum atomic E-state index is -2.62. The summed E-state index contributed by atoms with van der Waals surface area (Å²) in [7, 11) is 0. The number of halogens is 2. The van der Waals surface area contributed by atoms with Crippen LogP contribution in [0.2, 0.25) is 0 Å². The Morgan fingerprint density at radius 1 is 1.27 bits per heavy atom. The van der Waals surface area contributed by atoms with Gasteiger partial charge in [-0.2, -0.15) is 11.8 Å². The van der Waals surface area contributed by atoms with Crippen LogP contribution in [0.1, 0.15) is 35.2 Å². The van der Waals surface area contributed by atoms with Crippen LogP contribution in [-0.4, -0.2) is 66.4 Å². The first-order valence-corrected chi connectivity index (χ1v) is 10.8. The normalized spacial score (nSPS) is 23.3. The SMILES string of the molecule is CSCCN1CCC(Cc2cccc(C(=O)N3CCC(F)(F)CC3)c2)C1. The molecule has 2 fully saturated rings. The molecule has 1 unspecified atom stereocenters. The lowest BCUT2D eigenvalue weighted by Gasteiger charge is -2.31. The maximum atomic E-state index is 13.3. The van der Waals surface area contributed by atoms with E-state index in [1.807, 2.05) is 23.9 Å². The number of thioether (sulfide) groups is 1. The van der Waals surface area contributed by atoms with Crippen LogP contribution in [0.15, 0.2) is 24.3 Å². The molecule has 2 aliphatic rings. The fourth-order valence-electron chi connectivity index (χ4n) is 3.89. The molecule has 1 atom stereocenters. The summed E-state index contributed by atoms with van der Waals surface area (Å²) in [5.41, 5.74) is 1.81. The summed E-state index contributed by atoms with van der Waals surface area (Å²) in [5.74, 6) is -0.930. The van der Waals surface area contributed by atoms with E-state index in [4.69, 9.17) is 0 Å². The van der Waals surface area contributed by atoms with Gasteiger partial charge < -0.3 is 9.80 Å². The number of carbonyl (C=O) groups excluding carboxylic acids is 1. The molecule has 0 radical (unpaired) electrons. The molecule has 144 valence electrons. The number of carbonyl (C=O) groups is 1. The second-order valence-corrected chi connectivity index (χ2v) is 8.49. The van der Waals surface area contributed by atoms with Crippen molar-refractivity contribution >= 4 is 17.7 Å². The van der Waals surface area contributed by atoms with E-state index in [0.29, 0.717) is 11.5 Å². The van der Waals surface area contributed by atoms with Gasteiger partial charge in [0.15, 0.2) is 0 Å². The molecule has 0 aromatic heterocycles. The molecule has 0 aliphatic carbocycles. The molecule has 1 aromatic rings. The van der Waals surface area contributed by atoms with Gasteiger partial charge in [-0.05, 0) is 49.3 Å². The van der Waals surface area contributed by atoms with Crippen molar-refractivity contribution in [1.29, 1.82) is 0 Å². The Morgan fingerprint density at radius 3 is 2.77 bits per heavy atom. The zero-order valence-corrected chi connectivity index (χ0v) is 16.2. The molecule has 0 spiro atoms. The van der Waals surface area contributed by atoms with Gasteiger partial charge in [0.1, 0.15) is 0 Å². The van der Waals surface area contributed by atoms with Gasteiger partial charge in [-0.15, -0.1) is 0 Å². The van der Waals surface area contributed by atoms with Gasteiger partial charge in [0.25, 0.3) is 11.8 Å². The fourth-order valence-corrected chi connectivity index (χ4v) is 4.33. The molecule has 6 heteroatoms. The van der Waals surface area contributed by atoms with Gasteiger partial charge >= 0.3 is 0 Å². The van der Waals surface area contributed by atoms with Crippen LogP contribution in [0.3, 0.4) is 0 Å². The van der Waals surface area contributed by atoms with E-state index in [-0.39, 0.29) is 31.8 Å². The lowest BCUT2D eigenvalue weighted by molar-refractivity contribution is -0.0494. The second-order valence-electron chi connectivity index (χ2n) is 7.50. The molecule has 2 heterocycles. The van der Waals surface area contributed by atoms with Gasteiger partial charge in [-0.25, -0.2) is 8.78 Å². The molecule has 2 saturated heterocycles. The largest absolute Gasteiger partial charge is 0.338 e. The van der Waals surface area contributed by atoms with Crippen molar-refractivity contribution in [3.8, 4) is 0 Å². The summed E-state index contributed by atoms with van der Waals surface area (Å²) in [6.07, 6.45) is 3.86. The number of benzene rings is 1. The van der Waals surface area contributed by atoms with E-state index in [2.05, 4.69) is 17.2 Å². The smallest absolute Gasteiger partial charge is 0.253 e. The summed E-state index contributed by atoms with van der Waals surface area (Å²) in [4.78, 5) is 16.7. The van der Waals surface area contributed by atoms with Crippen molar-refractivity contribution in [2.45, 2.75) is 31.6 Å². The zero-order valence-electron chi connectivity index (χ0n) is 15.4. The highest BCUT2D eigenvalue weighted by atomic mass is 32.2. The third-order valence-electron chi connectivity index (χ3n) is 5.46. The van der Waals surface area contributed by atoms with Crippen molar-refractivity contribution in [2.24, 2.45) is 5.92 Å². The van der Waals surface area contributed by atoms with E-state index in [9.17, 15) is 13.6 Å². The van der Waals surface area contributed by atoms with Crippen molar-refractivity contribution < 1.29 is 13.6 Å². The monoisotopic (exact) mass is 382 g/mol. The van der Waals surface area contributed by atoms with Gasteiger partial charge in [0.05, 0.1) is 0 Å². The molecular formula is C20H28F2N2OS. The van der Waals surface area contributed by atoms with Gasteiger partial charge in [-0.3, -0.25) is 4.79 Å². The summed E-state index contributed by atoms with van der Waals surface area (Å²) in [6.45, 7) is 3.72. The Bertz CT molecular complexity index is 616. The Morgan fingerprint density at radius 2 is 2.04 bits per heavy atom. The first-order chi connectivity index (χ1) is 12.5. The van der Waals surface area contributed by atoms with E-state index in [1.165, 1.54) is 17.7 Å². The van der Waals surface area contributed by atoms with Crippen LogP contribution in [0, 0.1) is 5.92 Å². The van der Waals surface area contributed by atoms with E-state index < -0.39 is 5.92 Å². The molecule has 0 N–H and O–H groups in total. The Kier molecular flexibility index (Phi) is 6.56. The van der Waals surface area contributed by atoms with E-state index in [0.717, 1.165) is 26.1 Å². The number of amides is 1. The van der Waals surface area contributed by atoms with Crippen LogP contribution < -0.4 is 0 Å². The maximum Gasteiger partial charge on any atom is 0.253 e. The average Bonchev–Trinajstić information content (AvgIpc) is 3.07. The van der Waals surface area contributed by atoms with Gasteiger partial charge in [0.2, 0.25) is 0 Å². The van der Waals surface area contributed by atoms with E-state index in [1.54, 1.807) is 11.0 Å². The van der Waals surface area contributed by atoms with Crippen LogP contribution in [0.5, 0.6) is 0 Å². The lowest BCUT2D eigenvalue weighted by atomic mass is 9.97. The Balaban J connectivity index is 1.56. The summed E-state index contributed by atoms with van der Waals surface area (Å²) in [5, 5.41) is 0. The van der Waals surface area contributed by atoms with Crippen molar-refractivity contribution in [3.05, 3.63) is 35.4 Å². The molecule has 3 nitrogen and oxygen atoms in total. The van der Waals surface area contributed by atoms with Crippen LogP contribution in [-0.2, 0) is 6.42 Å². The third kappa shape index (κ3) is 5.19. The maximum absolute atomic E-state index is 13.3. The topological polar surface area (TPSA) is 23.6 Å². The second kappa shape index (κ2) is 8.70. The van der Waals surface area contributed by atoms with Gasteiger partial charge in [0, 0.05) is 50.3 Å². The van der Waals surface area contributed by atoms with Crippen LogP contribution >= 0.6 is 11.8 Å². The predicted molar refractivity (Wildman–Crippen MR) is 103 cm³/mol. The molecule has 0 bridgehead atoms. The summed E-state index contributed by atoms with van der Waals surface area (Å²) >= 11 is 1.88. The van der Waals surface area contributed by atoms with E-state index >= 15 is 0 Å². The first kappa shape index (κ1) is 19.6. The highest BCUT2D eigenvalue weighted by molar-refractivity contribution is 7.98. The summed E-state index contributed by atoms with van der Waals surface area (Å²) in [6, 6.07) is 7.75. The molecule has 1 aromatic carbocycles. The minimum absolute atomic E-state index is 0.115. The van der Waals surface area contributed by atoms with Crippen molar-refractivity contribution in [3.63, 3.8) is 0 Å². The number of alkyl halides is 2. The molecule has 26 heavy (non-hydrogen) atoms. The van der Waals surface area contributed by atoms with Crippen molar-refractivity contribution in [2.75, 3.05) is 44.7 Å². The molecule has 1 amide bonds. The number of nitrogens with zero attached hydrogens (tertiary/aromatic N) is 2. The average molecular weight is 383 g/mol. The zero-order chi connectivity index (χ0) is 18.6. The minimum Gasteiger partial charge on any atom is -0.338 e. The Hall–Kier alpha value is -1.14. The molecular weight excluding hydrogens is 354 g/mol. The molecule has 3 rings (SSSR count). The first-order valence-electron chi connectivity index (χ1n) is 9.44. The molecule has 0 saturated carbocycles. The highest BCUT2D eigenvalue weighted by Gasteiger charge is 2.35. The predicted octanol–water partition coefficient (Wildman–Crippen LogP) is 3.79. The number of piperidine rings is 1. The Labute approximate surface area is 159 Å². The lowest BCUT2D eigenvalue weighted by Crippen LogP contribution is -2.42. The van der Waals surface area contributed by atoms with Crippen LogP contribution in [0.4, 0.5) is 8.78 Å². The quantitative estimate of drug-likeness (QED) is 0.748. The third-order valence-corrected chi connectivity index (χ3v) is 6.05. The summed E-state index contributed by atoms with van der Waals surface area (Å²) < 4.78 is 26.6. The van der Waals surface area contributed by atoms with Crippen molar-refractivity contribution in [1.82, 2.24) is 9.80 Å². The highest BCUT2D eigenvalue weighted by Crippen LogP contribution is 2.28. The standard InChI is InChI=1S/C20H28F2N2OS/c1-26-12-11-23-8-5-17(15-23)13-16-3-2-4-18(14-16)19(25)24-9-6-20(21,22)7-10-24/h2-4,14,17H,5-13,15H2,1H3. The molecule has 2 aliphatic heterocycles. The van der Waals surface area contributed by atoms with Crippen LogP contribution in [0.25, 0.3) is 0 Å².